The first-order valence-electron chi connectivity index (χ1n) is 14.5. The number of halogens is 1. The van der Waals surface area contributed by atoms with Gasteiger partial charge in [0.25, 0.3) is 5.56 Å². The smallest absolute Gasteiger partial charge is 0.338 e. The third-order valence-corrected chi connectivity index (χ3v) is 9.09. The first-order valence-corrected chi connectivity index (χ1v) is 16.2. The van der Waals surface area contributed by atoms with Gasteiger partial charge >= 0.3 is 5.97 Å². The molecule has 0 N–H and O–H groups in total. The number of benzene rings is 3. The maximum absolute atomic E-state index is 14.3. The first-order chi connectivity index (χ1) is 22.2. The van der Waals surface area contributed by atoms with E-state index in [-0.39, 0.29) is 11.7 Å². The Hall–Kier alpha value is -4.74. The normalized spacial score (nSPS) is 14.7. The zero-order valence-electron chi connectivity index (χ0n) is 25.9. The fourth-order valence-electron chi connectivity index (χ4n) is 5.35. The van der Waals surface area contributed by atoms with E-state index in [4.69, 9.17) is 24.3 Å². The van der Waals surface area contributed by atoms with Crippen LogP contribution in [0.4, 0.5) is 0 Å². The van der Waals surface area contributed by atoms with Crippen molar-refractivity contribution in [3.05, 3.63) is 126 Å². The number of rotatable bonds is 8. The van der Waals surface area contributed by atoms with Crippen molar-refractivity contribution < 1.29 is 19.0 Å². The zero-order valence-corrected chi connectivity index (χ0v) is 28.3. The minimum Gasteiger partial charge on any atom is -0.497 e. The summed E-state index contributed by atoms with van der Waals surface area (Å²) in [4.78, 5) is 33.0. The van der Waals surface area contributed by atoms with Gasteiger partial charge in [-0.1, -0.05) is 41.7 Å². The van der Waals surface area contributed by atoms with Crippen LogP contribution in [0.15, 0.2) is 105 Å². The number of nitrogens with zero attached hydrogens (tertiary/aromatic N) is 4. The summed E-state index contributed by atoms with van der Waals surface area (Å²) in [7, 11) is 3.20. The molecule has 1 aliphatic rings. The molecule has 9 nitrogen and oxygen atoms in total. The number of thiazole rings is 1. The summed E-state index contributed by atoms with van der Waals surface area (Å²) in [5, 5.41) is 4.92. The highest BCUT2D eigenvalue weighted by molar-refractivity contribution is 9.10. The number of para-hydroxylation sites is 1. The molecule has 1 aliphatic heterocycles. The van der Waals surface area contributed by atoms with E-state index in [0.29, 0.717) is 37.8 Å². The summed E-state index contributed by atoms with van der Waals surface area (Å²) >= 11 is 4.85. The highest BCUT2D eigenvalue weighted by atomic mass is 79.9. The lowest BCUT2D eigenvalue weighted by molar-refractivity contribution is -0.143. The number of ether oxygens (including phenoxy) is 3. The van der Waals surface area contributed by atoms with E-state index in [1.54, 1.807) is 44.2 Å². The average molecular weight is 700 g/mol. The highest BCUT2D eigenvalue weighted by Gasteiger charge is 2.34. The number of methoxy groups -OCH3 is 2. The second-order valence-corrected chi connectivity index (χ2v) is 12.7. The molecule has 1 unspecified atom stereocenters. The van der Waals surface area contributed by atoms with E-state index in [2.05, 4.69) is 15.9 Å². The number of aromatic nitrogens is 3. The average Bonchev–Trinajstić information content (AvgIpc) is 3.61. The molecule has 0 amide bonds. The summed E-state index contributed by atoms with van der Waals surface area (Å²) in [5.41, 5.74) is 4.41. The quantitative estimate of drug-likeness (QED) is 0.190. The Morgan fingerprint density at radius 2 is 1.76 bits per heavy atom. The third-order valence-electron chi connectivity index (χ3n) is 7.49. The molecule has 0 radical (unpaired) electrons. The van der Waals surface area contributed by atoms with Crippen molar-refractivity contribution in [3.63, 3.8) is 0 Å². The van der Waals surface area contributed by atoms with E-state index in [0.717, 1.165) is 26.9 Å². The van der Waals surface area contributed by atoms with Crippen molar-refractivity contribution in [2.75, 3.05) is 14.2 Å². The van der Waals surface area contributed by atoms with Crippen molar-refractivity contribution in [3.8, 4) is 28.4 Å². The molecule has 3 heterocycles. The van der Waals surface area contributed by atoms with Crippen LogP contribution < -0.4 is 24.4 Å². The Bertz CT molecular complexity index is 2150. The summed E-state index contributed by atoms with van der Waals surface area (Å²) < 4.78 is 21.0. The summed E-state index contributed by atoms with van der Waals surface area (Å²) in [6.07, 6.45) is 3.39. The molecular formula is C35H31BrN4O5S. The van der Waals surface area contributed by atoms with Gasteiger partial charge < -0.3 is 14.2 Å². The summed E-state index contributed by atoms with van der Waals surface area (Å²) in [6.45, 7) is 5.36. The molecule has 46 heavy (non-hydrogen) atoms. The predicted octanol–water partition coefficient (Wildman–Crippen LogP) is 5.82. The van der Waals surface area contributed by atoms with Crippen molar-refractivity contribution in [1.29, 1.82) is 0 Å². The second kappa shape index (κ2) is 12.9. The van der Waals surface area contributed by atoms with Crippen molar-refractivity contribution in [1.82, 2.24) is 14.3 Å². The number of hydrogen-bond donors (Lipinski definition) is 0. The molecule has 1 atom stereocenters. The molecule has 0 fully saturated rings. The summed E-state index contributed by atoms with van der Waals surface area (Å²) in [6, 6.07) is 22.1. The van der Waals surface area contributed by atoms with Gasteiger partial charge in [0.15, 0.2) is 4.80 Å². The lowest BCUT2D eigenvalue weighted by Gasteiger charge is -2.25. The van der Waals surface area contributed by atoms with Crippen LogP contribution in [0.2, 0.25) is 0 Å². The predicted molar refractivity (Wildman–Crippen MR) is 181 cm³/mol. The van der Waals surface area contributed by atoms with Crippen LogP contribution in [-0.4, -0.2) is 40.6 Å². The van der Waals surface area contributed by atoms with Gasteiger partial charge in [0.2, 0.25) is 0 Å². The van der Waals surface area contributed by atoms with Crippen molar-refractivity contribution in [2.45, 2.75) is 32.9 Å². The largest absolute Gasteiger partial charge is 0.497 e. The Morgan fingerprint density at radius 1 is 1.02 bits per heavy atom. The van der Waals surface area contributed by atoms with E-state index in [1.165, 1.54) is 11.3 Å². The van der Waals surface area contributed by atoms with Crippen LogP contribution in [-0.2, 0) is 9.53 Å². The molecule has 0 spiro atoms. The lowest BCUT2D eigenvalue weighted by atomic mass is 9.96. The zero-order chi connectivity index (χ0) is 32.5. The van der Waals surface area contributed by atoms with E-state index >= 15 is 0 Å². The molecule has 6 rings (SSSR count). The second-order valence-electron chi connectivity index (χ2n) is 10.9. The van der Waals surface area contributed by atoms with Crippen molar-refractivity contribution in [2.24, 2.45) is 4.99 Å². The fraction of sp³-hybridized carbons (Fsp3) is 0.200. The number of carbonyl (C=O) groups excluding carboxylic acids is 1. The maximum atomic E-state index is 14.3. The first kappa shape index (κ1) is 31.3. The van der Waals surface area contributed by atoms with Crippen LogP contribution in [0.1, 0.15) is 37.9 Å². The fourth-order valence-corrected chi connectivity index (χ4v) is 6.93. The monoisotopic (exact) mass is 698 g/mol. The van der Waals surface area contributed by atoms with Crippen molar-refractivity contribution >= 4 is 39.3 Å². The number of allylic oxidation sites excluding steroid dienone is 1. The molecule has 2 aromatic heterocycles. The Balaban J connectivity index is 1.55. The molecule has 0 saturated heterocycles. The van der Waals surface area contributed by atoms with Crippen LogP contribution in [0, 0.1) is 0 Å². The number of esters is 1. The number of fused-ring (bicyclic) bond motifs is 1. The minimum absolute atomic E-state index is 0.277. The van der Waals surface area contributed by atoms with Crippen LogP contribution in [0.3, 0.4) is 0 Å². The minimum atomic E-state index is -0.736. The standard InChI is InChI=1S/C35H31BrN4O5S/c1-20(2)45-34(42)30-21(3)37-35-40(32(30)22-11-14-26(43-4)15-12-22)33(41)29(46-35)18-24-19-39(25-9-7-6-8-10-25)38-31(24)23-13-16-28(44-5)27(36)17-23/h6-20,32H,1-5H3. The number of carbonyl (C=O) groups is 1. The van der Waals surface area contributed by atoms with Gasteiger partial charge in [0.1, 0.15) is 17.2 Å². The highest BCUT2D eigenvalue weighted by Crippen LogP contribution is 2.33. The van der Waals surface area contributed by atoms with Gasteiger partial charge in [-0.3, -0.25) is 9.36 Å². The molecule has 0 saturated carbocycles. The Kier molecular flexibility index (Phi) is 8.79. The Labute approximate surface area is 277 Å². The maximum Gasteiger partial charge on any atom is 0.338 e. The molecule has 3 aromatic carbocycles. The van der Waals surface area contributed by atoms with E-state index in [1.807, 2.05) is 85.1 Å². The van der Waals surface area contributed by atoms with Gasteiger partial charge in [0.05, 0.1) is 52.3 Å². The van der Waals surface area contributed by atoms with Crippen LogP contribution >= 0.6 is 27.3 Å². The molecule has 5 aromatic rings. The molecular weight excluding hydrogens is 668 g/mol. The topological polar surface area (TPSA) is 96.9 Å². The van der Waals surface area contributed by atoms with Gasteiger partial charge in [-0.2, -0.15) is 5.10 Å². The van der Waals surface area contributed by atoms with E-state index in [9.17, 15) is 9.59 Å². The van der Waals surface area contributed by atoms with E-state index < -0.39 is 12.0 Å². The number of hydrogen-bond acceptors (Lipinski definition) is 8. The van der Waals surface area contributed by atoms with Crippen LogP contribution in [0.5, 0.6) is 11.5 Å². The lowest BCUT2D eigenvalue weighted by Crippen LogP contribution is -2.40. The molecule has 0 bridgehead atoms. The third kappa shape index (κ3) is 5.95. The summed E-state index contributed by atoms with van der Waals surface area (Å²) in [5.74, 6) is 0.848. The molecule has 234 valence electrons. The van der Waals surface area contributed by atoms with Gasteiger partial charge in [-0.25, -0.2) is 14.5 Å². The SMILES string of the molecule is COc1ccc(C2C(C(=O)OC(C)C)=C(C)N=c3sc(=Cc4cn(-c5ccccc5)nc4-c4ccc(OC)c(Br)c4)c(=O)n32)cc1. The van der Waals surface area contributed by atoms with Gasteiger partial charge in [-0.15, -0.1) is 0 Å². The molecule has 11 heteroatoms. The van der Waals surface area contributed by atoms with Gasteiger partial charge in [-0.05, 0) is 90.8 Å². The van der Waals surface area contributed by atoms with Gasteiger partial charge in [0, 0.05) is 17.3 Å². The Morgan fingerprint density at radius 3 is 2.41 bits per heavy atom. The van der Waals surface area contributed by atoms with Crippen LogP contribution in [0.25, 0.3) is 23.0 Å². The molecule has 0 aliphatic carbocycles.